The molecular weight excluding hydrogens is 361 g/mol. The Bertz CT molecular complexity index is 254. The summed E-state index contributed by atoms with van der Waals surface area (Å²) in [5.41, 5.74) is 0.209. The van der Waals surface area contributed by atoms with E-state index in [4.69, 9.17) is 26.8 Å². The van der Waals surface area contributed by atoms with E-state index in [1.807, 2.05) is 0 Å². The molecule has 1 rings (SSSR count). The molecular formula is C10H17Cl3OSn. The second-order valence-electron chi connectivity index (χ2n) is 5.40. The second-order valence-corrected chi connectivity index (χ2v) is 26.4. The molecule has 1 saturated carbocycles. The summed E-state index contributed by atoms with van der Waals surface area (Å²) in [7, 11) is 18.1. The van der Waals surface area contributed by atoms with Crippen LogP contribution in [0.2, 0.25) is 3.93 Å². The van der Waals surface area contributed by atoms with Crippen LogP contribution >= 0.6 is 26.8 Å². The zero-order valence-electron chi connectivity index (χ0n) is 9.32. The molecule has 2 unspecified atom stereocenters. The van der Waals surface area contributed by atoms with E-state index in [1.54, 1.807) is 0 Å². The van der Waals surface area contributed by atoms with Gasteiger partial charge >= 0.3 is 108 Å². The van der Waals surface area contributed by atoms with E-state index in [1.165, 1.54) is 0 Å². The number of ketones is 1. The van der Waals surface area contributed by atoms with Gasteiger partial charge in [0.05, 0.1) is 0 Å². The first-order valence-electron chi connectivity index (χ1n) is 5.22. The van der Waals surface area contributed by atoms with Gasteiger partial charge in [0, 0.05) is 0 Å². The maximum atomic E-state index is 11.7. The van der Waals surface area contributed by atoms with Gasteiger partial charge in [-0.15, -0.1) is 0 Å². The molecule has 1 fully saturated rings. The first-order chi connectivity index (χ1) is 6.62. The molecule has 1 nitrogen and oxygen atoms in total. The number of carbonyl (C=O) groups is 1. The minimum atomic E-state index is -3.60. The fourth-order valence-corrected chi connectivity index (χ4v) is 9.40. The first kappa shape index (κ1) is 14.4. The molecule has 0 aromatic heterocycles. The topological polar surface area (TPSA) is 17.1 Å². The van der Waals surface area contributed by atoms with Gasteiger partial charge in [-0.1, -0.05) is 0 Å². The summed E-state index contributed by atoms with van der Waals surface area (Å²) >= 11 is -3.60. The molecule has 5 heteroatoms. The van der Waals surface area contributed by atoms with Crippen LogP contribution < -0.4 is 0 Å². The van der Waals surface area contributed by atoms with Crippen molar-refractivity contribution in [1.29, 1.82) is 0 Å². The molecule has 0 bridgehead atoms. The van der Waals surface area contributed by atoms with Crippen LogP contribution in [-0.4, -0.2) is 20.8 Å². The van der Waals surface area contributed by atoms with E-state index in [-0.39, 0.29) is 15.1 Å². The van der Waals surface area contributed by atoms with Gasteiger partial charge in [0.2, 0.25) is 0 Å². The van der Waals surface area contributed by atoms with E-state index in [9.17, 15) is 4.79 Å². The van der Waals surface area contributed by atoms with Gasteiger partial charge in [0.1, 0.15) is 0 Å². The fourth-order valence-electron chi connectivity index (χ4n) is 2.13. The van der Waals surface area contributed by atoms with Crippen LogP contribution in [-0.2, 0) is 4.79 Å². The van der Waals surface area contributed by atoms with E-state index < -0.39 is 15.0 Å². The van der Waals surface area contributed by atoms with Gasteiger partial charge in [-0.3, -0.25) is 0 Å². The molecule has 0 aromatic carbocycles. The Hall–Kier alpha value is 1.34. The summed E-state index contributed by atoms with van der Waals surface area (Å²) in [6, 6.07) is 0. The van der Waals surface area contributed by atoms with Crippen molar-refractivity contribution in [3.63, 3.8) is 0 Å². The summed E-state index contributed by atoms with van der Waals surface area (Å²) in [5.74, 6) is 0.693. The Morgan fingerprint density at radius 1 is 1.27 bits per heavy atom. The zero-order chi connectivity index (χ0) is 11.9. The van der Waals surface area contributed by atoms with Crippen LogP contribution in [0.25, 0.3) is 0 Å². The summed E-state index contributed by atoms with van der Waals surface area (Å²) < 4.78 is -0.220. The van der Waals surface area contributed by atoms with Crippen LogP contribution in [0.4, 0.5) is 0 Å². The molecule has 1 aliphatic rings. The number of halogens is 3. The SMILES string of the molecule is CC(C)(C)C1CCC(=O)[CH]([Sn]([Cl])([Cl])[Cl])C1. The molecule has 2 atom stereocenters. The van der Waals surface area contributed by atoms with Crippen LogP contribution in [0.3, 0.4) is 0 Å². The summed E-state index contributed by atoms with van der Waals surface area (Å²) in [5, 5.41) is 0. The first-order valence-corrected chi connectivity index (χ1v) is 17.7. The molecule has 0 aliphatic heterocycles. The number of rotatable bonds is 1. The van der Waals surface area contributed by atoms with Crippen LogP contribution in [0.15, 0.2) is 0 Å². The number of hydrogen-bond donors (Lipinski definition) is 0. The third-order valence-corrected chi connectivity index (χ3v) is 12.4. The molecule has 88 valence electrons. The molecule has 0 heterocycles. The minimum absolute atomic E-state index is 0.186. The average molecular weight is 378 g/mol. The van der Waals surface area contributed by atoms with E-state index in [0.717, 1.165) is 12.8 Å². The van der Waals surface area contributed by atoms with E-state index in [0.29, 0.717) is 12.3 Å². The predicted molar refractivity (Wildman–Crippen MR) is 68.9 cm³/mol. The Morgan fingerprint density at radius 2 is 1.80 bits per heavy atom. The van der Waals surface area contributed by atoms with Crippen molar-refractivity contribution in [1.82, 2.24) is 0 Å². The van der Waals surface area contributed by atoms with Crippen molar-refractivity contribution < 1.29 is 4.79 Å². The summed E-state index contributed by atoms with van der Waals surface area (Å²) in [6.45, 7) is 6.58. The Labute approximate surface area is 107 Å². The van der Waals surface area contributed by atoms with Gasteiger partial charge < -0.3 is 0 Å². The van der Waals surface area contributed by atoms with Crippen molar-refractivity contribution in [3.05, 3.63) is 0 Å². The van der Waals surface area contributed by atoms with Gasteiger partial charge in [-0.05, 0) is 0 Å². The molecule has 15 heavy (non-hydrogen) atoms. The third-order valence-electron chi connectivity index (χ3n) is 3.27. The fraction of sp³-hybridized carbons (Fsp3) is 0.900. The van der Waals surface area contributed by atoms with Gasteiger partial charge in [-0.2, -0.15) is 0 Å². The van der Waals surface area contributed by atoms with E-state index >= 15 is 0 Å². The van der Waals surface area contributed by atoms with Crippen LogP contribution in [0, 0.1) is 11.3 Å². The molecule has 0 amide bonds. The molecule has 0 aromatic rings. The Kier molecular flexibility index (Phi) is 4.72. The summed E-state index contributed by atoms with van der Waals surface area (Å²) in [4.78, 5) is 11.7. The molecule has 0 radical (unpaired) electrons. The van der Waals surface area contributed by atoms with Crippen LogP contribution in [0.5, 0.6) is 0 Å². The second kappa shape index (κ2) is 4.91. The van der Waals surface area contributed by atoms with Crippen molar-refractivity contribution >= 4 is 47.5 Å². The van der Waals surface area contributed by atoms with Crippen molar-refractivity contribution in [2.24, 2.45) is 11.3 Å². The quantitative estimate of drug-likeness (QED) is 0.617. The monoisotopic (exact) mass is 378 g/mol. The third kappa shape index (κ3) is 3.93. The molecule has 0 saturated heterocycles. The zero-order valence-corrected chi connectivity index (χ0v) is 14.4. The van der Waals surface area contributed by atoms with E-state index in [2.05, 4.69) is 20.8 Å². The van der Waals surface area contributed by atoms with Gasteiger partial charge in [0.25, 0.3) is 0 Å². The molecule has 1 aliphatic carbocycles. The molecule has 0 spiro atoms. The summed E-state index contributed by atoms with van der Waals surface area (Å²) in [6.07, 6.45) is 2.33. The standard InChI is InChI=1S/C10H17O.3ClH.Sn/c1-10(2,3)8-4-6-9(11)7-5-8;;;;/h6,8H,4-5,7H2,1-3H3;3*1H;/q;;;;+3/p-3. The Balaban J connectivity index is 2.78. The van der Waals surface area contributed by atoms with Gasteiger partial charge in [-0.25, -0.2) is 0 Å². The van der Waals surface area contributed by atoms with Crippen molar-refractivity contribution in [3.8, 4) is 0 Å². The normalized spacial score (nSPS) is 29.3. The predicted octanol–water partition coefficient (Wildman–Crippen LogP) is 4.43. The Morgan fingerprint density at radius 3 is 2.20 bits per heavy atom. The average Bonchev–Trinajstić information content (AvgIpc) is 2.00. The number of hydrogen-bond acceptors (Lipinski definition) is 1. The van der Waals surface area contributed by atoms with Crippen LogP contribution in [0.1, 0.15) is 40.0 Å². The molecule has 0 N–H and O–H groups in total. The van der Waals surface area contributed by atoms with Crippen molar-refractivity contribution in [2.75, 3.05) is 0 Å². The number of carbonyl (C=O) groups excluding carboxylic acids is 1. The number of Topliss-reactive ketones (excluding diaryl/α,β-unsaturated/α-hetero) is 1. The van der Waals surface area contributed by atoms with Gasteiger partial charge in [0.15, 0.2) is 0 Å². The van der Waals surface area contributed by atoms with Crippen molar-refractivity contribution in [2.45, 2.75) is 44.0 Å². The maximum absolute atomic E-state index is 11.7.